The quantitative estimate of drug-likeness (QED) is 0.823. The van der Waals surface area contributed by atoms with Gasteiger partial charge in [0.15, 0.2) is 11.5 Å². The Morgan fingerprint density at radius 1 is 1.33 bits per heavy atom. The number of alkyl halides is 3. The molecule has 0 aromatic carbocycles. The van der Waals surface area contributed by atoms with E-state index < -0.39 is 12.7 Å². The van der Waals surface area contributed by atoms with Crippen LogP contribution in [-0.4, -0.2) is 50.8 Å². The van der Waals surface area contributed by atoms with Gasteiger partial charge in [0.05, 0.1) is 12.4 Å². The van der Waals surface area contributed by atoms with Gasteiger partial charge in [0.1, 0.15) is 6.54 Å². The van der Waals surface area contributed by atoms with E-state index >= 15 is 0 Å². The Morgan fingerprint density at radius 2 is 2.11 bits per heavy atom. The van der Waals surface area contributed by atoms with Crippen molar-refractivity contribution in [2.45, 2.75) is 6.18 Å². The number of tetrazole rings is 1. The first-order valence-electron chi connectivity index (χ1n) is 5.05. The maximum absolute atomic E-state index is 12.5. The largest absolute Gasteiger partial charge is 0.405 e. The summed E-state index contributed by atoms with van der Waals surface area (Å²) in [5, 5.41) is 10.6. The Morgan fingerprint density at radius 3 is 2.78 bits per heavy atom. The van der Waals surface area contributed by atoms with Crippen LogP contribution in [-0.2, 0) is 0 Å². The van der Waals surface area contributed by atoms with Crippen LogP contribution in [0.1, 0.15) is 0 Å². The van der Waals surface area contributed by atoms with Crippen molar-refractivity contribution in [2.75, 3.05) is 24.5 Å². The molecule has 0 amide bonds. The zero-order chi connectivity index (χ0) is 13.2. The molecule has 0 radical (unpaired) electrons. The molecule has 0 aliphatic carbocycles. The highest BCUT2D eigenvalue weighted by molar-refractivity contribution is 5.46. The van der Waals surface area contributed by atoms with E-state index in [1.54, 1.807) is 0 Å². The molecule has 18 heavy (non-hydrogen) atoms. The van der Waals surface area contributed by atoms with Crippen molar-refractivity contribution in [1.82, 2.24) is 25.0 Å². The summed E-state index contributed by atoms with van der Waals surface area (Å²) in [4.78, 5) is 4.84. The standard InChI is InChI=1S/C8H10F3N7/c9-8(10,11)5-17(2-1-12)7-4-13-3-6-14-15-16-18(6)7/h3-4H,1-2,5,12H2. The van der Waals surface area contributed by atoms with Gasteiger partial charge in [0, 0.05) is 13.1 Å². The summed E-state index contributed by atoms with van der Waals surface area (Å²) in [7, 11) is 0. The number of halogens is 3. The first-order chi connectivity index (χ1) is 8.51. The predicted molar refractivity (Wildman–Crippen MR) is 55.9 cm³/mol. The second-order valence-electron chi connectivity index (χ2n) is 3.54. The van der Waals surface area contributed by atoms with Gasteiger partial charge in [0.2, 0.25) is 0 Å². The highest BCUT2D eigenvalue weighted by Crippen LogP contribution is 2.21. The third-order valence-electron chi connectivity index (χ3n) is 2.18. The van der Waals surface area contributed by atoms with Gasteiger partial charge in [-0.3, -0.25) is 4.98 Å². The molecule has 0 spiro atoms. The number of nitrogens with two attached hydrogens (primary N) is 1. The zero-order valence-corrected chi connectivity index (χ0v) is 9.17. The van der Waals surface area contributed by atoms with Crippen LogP contribution >= 0.6 is 0 Å². The molecule has 0 saturated carbocycles. The SMILES string of the molecule is NCCN(CC(F)(F)F)c1cncc2nnnn12. The van der Waals surface area contributed by atoms with Gasteiger partial charge in [-0.25, -0.2) is 0 Å². The lowest BCUT2D eigenvalue weighted by atomic mass is 10.4. The zero-order valence-electron chi connectivity index (χ0n) is 9.17. The third kappa shape index (κ3) is 2.64. The number of nitrogens with zero attached hydrogens (tertiary/aromatic N) is 6. The lowest BCUT2D eigenvalue weighted by Gasteiger charge is -2.24. The maximum Gasteiger partial charge on any atom is 0.405 e. The van der Waals surface area contributed by atoms with Crippen molar-refractivity contribution in [3.8, 4) is 0 Å². The summed E-state index contributed by atoms with van der Waals surface area (Å²) < 4.78 is 38.6. The fraction of sp³-hybridized carbons (Fsp3) is 0.500. The summed E-state index contributed by atoms with van der Waals surface area (Å²) >= 11 is 0. The van der Waals surface area contributed by atoms with Gasteiger partial charge >= 0.3 is 6.18 Å². The minimum Gasteiger partial charge on any atom is -0.345 e. The van der Waals surface area contributed by atoms with Crippen molar-refractivity contribution in [1.29, 1.82) is 0 Å². The van der Waals surface area contributed by atoms with Crippen LogP contribution in [0.5, 0.6) is 0 Å². The van der Waals surface area contributed by atoms with Gasteiger partial charge in [0.25, 0.3) is 0 Å². The van der Waals surface area contributed by atoms with Crippen molar-refractivity contribution in [3.05, 3.63) is 12.4 Å². The van der Waals surface area contributed by atoms with Gasteiger partial charge in [-0.05, 0) is 10.4 Å². The van der Waals surface area contributed by atoms with E-state index in [2.05, 4.69) is 20.5 Å². The average molecular weight is 261 g/mol. The molecule has 98 valence electrons. The van der Waals surface area contributed by atoms with Crippen LogP contribution in [0.3, 0.4) is 0 Å². The number of hydrogen-bond acceptors (Lipinski definition) is 6. The van der Waals surface area contributed by atoms with E-state index in [0.717, 1.165) is 4.90 Å². The number of aromatic nitrogens is 5. The lowest BCUT2D eigenvalue weighted by molar-refractivity contribution is -0.119. The molecule has 7 nitrogen and oxygen atoms in total. The number of anilines is 1. The number of fused-ring (bicyclic) bond motifs is 1. The summed E-state index contributed by atoms with van der Waals surface area (Å²) in [5.41, 5.74) is 5.59. The monoisotopic (exact) mass is 261 g/mol. The van der Waals surface area contributed by atoms with Crippen molar-refractivity contribution < 1.29 is 13.2 Å². The molecule has 2 aromatic rings. The van der Waals surface area contributed by atoms with Crippen LogP contribution in [0, 0.1) is 0 Å². The first kappa shape index (κ1) is 12.5. The van der Waals surface area contributed by atoms with Crippen LogP contribution < -0.4 is 10.6 Å². The fourth-order valence-corrected chi connectivity index (χ4v) is 1.53. The number of hydrogen-bond donors (Lipinski definition) is 1. The minimum absolute atomic E-state index is 0.0279. The van der Waals surface area contributed by atoms with Gasteiger partial charge in [-0.1, -0.05) is 0 Å². The van der Waals surface area contributed by atoms with Gasteiger partial charge < -0.3 is 10.6 Å². The molecule has 0 saturated heterocycles. The van der Waals surface area contributed by atoms with E-state index in [9.17, 15) is 13.2 Å². The molecule has 2 aromatic heterocycles. The number of rotatable bonds is 4. The molecule has 0 unspecified atom stereocenters. The molecule has 0 aliphatic rings. The van der Waals surface area contributed by atoms with E-state index in [1.807, 2.05) is 0 Å². The van der Waals surface area contributed by atoms with Crippen LogP contribution in [0.4, 0.5) is 19.0 Å². The van der Waals surface area contributed by atoms with E-state index in [1.165, 1.54) is 16.9 Å². The lowest BCUT2D eigenvalue weighted by Crippen LogP contribution is -2.38. The summed E-state index contributed by atoms with van der Waals surface area (Å²) in [6.07, 6.45) is -1.71. The topological polar surface area (TPSA) is 85.2 Å². The molecular weight excluding hydrogens is 251 g/mol. The second kappa shape index (κ2) is 4.72. The molecular formula is C8H10F3N7. The summed E-state index contributed by atoms with van der Waals surface area (Å²) in [5.74, 6) is 0.153. The first-order valence-corrected chi connectivity index (χ1v) is 5.05. The third-order valence-corrected chi connectivity index (χ3v) is 2.18. The highest BCUT2D eigenvalue weighted by Gasteiger charge is 2.31. The van der Waals surface area contributed by atoms with Crippen LogP contribution in [0.15, 0.2) is 12.4 Å². The molecule has 0 fully saturated rings. The Hall–Kier alpha value is -1.97. The van der Waals surface area contributed by atoms with Crippen LogP contribution in [0.2, 0.25) is 0 Å². The summed E-state index contributed by atoms with van der Waals surface area (Å²) in [6, 6.07) is 0. The normalized spacial score (nSPS) is 12.0. The molecule has 10 heteroatoms. The second-order valence-corrected chi connectivity index (χ2v) is 3.54. The van der Waals surface area contributed by atoms with Crippen molar-refractivity contribution in [3.63, 3.8) is 0 Å². The smallest absolute Gasteiger partial charge is 0.345 e. The molecule has 2 N–H and O–H groups in total. The Balaban J connectivity index is 2.38. The Labute approximate surface area is 99.4 Å². The molecule has 0 aliphatic heterocycles. The molecule has 2 rings (SSSR count). The highest BCUT2D eigenvalue weighted by atomic mass is 19.4. The van der Waals surface area contributed by atoms with Crippen LogP contribution in [0.25, 0.3) is 5.65 Å². The average Bonchev–Trinajstić information content (AvgIpc) is 2.74. The fourth-order valence-electron chi connectivity index (χ4n) is 1.53. The summed E-state index contributed by atoms with van der Waals surface area (Å²) in [6.45, 7) is -1.03. The van der Waals surface area contributed by atoms with E-state index in [-0.39, 0.29) is 24.6 Å². The van der Waals surface area contributed by atoms with Crippen molar-refractivity contribution in [2.24, 2.45) is 5.73 Å². The Bertz CT molecular complexity index is 523. The Kier molecular flexibility index (Phi) is 3.28. The molecule has 2 heterocycles. The van der Waals surface area contributed by atoms with Gasteiger partial charge in [-0.15, -0.1) is 5.10 Å². The molecule has 0 atom stereocenters. The minimum atomic E-state index is -4.34. The van der Waals surface area contributed by atoms with Gasteiger partial charge in [-0.2, -0.15) is 17.7 Å². The molecule has 0 bridgehead atoms. The predicted octanol–water partition coefficient (Wildman–Crippen LogP) is -0.153. The van der Waals surface area contributed by atoms with Crippen molar-refractivity contribution >= 4 is 11.5 Å². The van der Waals surface area contributed by atoms with E-state index in [4.69, 9.17) is 5.73 Å². The van der Waals surface area contributed by atoms with E-state index in [0.29, 0.717) is 0 Å². The maximum atomic E-state index is 12.5.